The Morgan fingerprint density at radius 2 is 1.24 bits per heavy atom. The summed E-state index contributed by atoms with van der Waals surface area (Å²) in [6.07, 6.45) is 0. The smallest absolute Gasteiger partial charge is 0.240 e. The molecular formula is C36H56N8O2. The van der Waals surface area contributed by atoms with Gasteiger partial charge in [-0.05, 0) is 38.8 Å². The second-order valence-electron chi connectivity index (χ2n) is 14.2. The first-order valence-electron chi connectivity index (χ1n) is 17.2. The maximum atomic E-state index is 12.5. The number of piperazine rings is 4. The average Bonchev–Trinajstić information content (AvgIpc) is 3.05. The van der Waals surface area contributed by atoms with Crippen LogP contribution in [0.15, 0.2) is 60.7 Å². The minimum Gasteiger partial charge on any atom is -0.353 e. The maximum Gasteiger partial charge on any atom is 0.240 e. The monoisotopic (exact) mass is 632 g/mol. The molecule has 0 spiro atoms. The van der Waals surface area contributed by atoms with Crippen LogP contribution in [0.5, 0.6) is 0 Å². The third-order valence-electron chi connectivity index (χ3n) is 10.2. The number of hydrogen-bond donors (Lipinski definition) is 4. The van der Waals surface area contributed by atoms with Gasteiger partial charge in [-0.1, -0.05) is 60.7 Å². The number of nitrogens with one attached hydrogen (secondary N) is 4. The van der Waals surface area contributed by atoms with Crippen molar-refractivity contribution < 1.29 is 9.59 Å². The summed E-state index contributed by atoms with van der Waals surface area (Å²) in [4.78, 5) is 34.1. The summed E-state index contributed by atoms with van der Waals surface area (Å²) in [6, 6.07) is 22.3. The minimum atomic E-state index is -0.460. The lowest BCUT2D eigenvalue weighted by Crippen LogP contribution is -2.65. The second kappa shape index (κ2) is 15.8. The molecule has 4 heterocycles. The molecule has 10 heteroatoms. The lowest BCUT2D eigenvalue weighted by molar-refractivity contribution is -0.136. The predicted octanol–water partition coefficient (Wildman–Crippen LogP) is 1.34. The molecular weight excluding hydrogens is 576 g/mol. The predicted molar refractivity (Wildman–Crippen MR) is 184 cm³/mol. The molecule has 2 aromatic rings. The highest BCUT2D eigenvalue weighted by Crippen LogP contribution is 2.23. The number of amides is 2. The maximum absolute atomic E-state index is 12.5. The molecule has 0 aliphatic carbocycles. The number of hydrogen-bond acceptors (Lipinski definition) is 8. The van der Waals surface area contributed by atoms with Crippen molar-refractivity contribution >= 4 is 11.8 Å². The normalized spacial score (nSPS) is 26.0. The Kier molecular flexibility index (Phi) is 11.9. The Labute approximate surface area is 276 Å². The zero-order valence-electron chi connectivity index (χ0n) is 28.4. The fourth-order valence-corrected chi connectivity index (χ4v) is 7.03. The number of carbonyl (C=O) groups is 2. The van der Waals surface area contributed by atoms with Gasteiger partial charge < -0.3 is 21.3 Å². The van der Waals surface area contributed by atoms with Gasteiger partial charge in [-0.2, -0.15) is 0 Å². The SMILES string of the molecule is CC1(C)C(=O)NCCN1C[C@H]1CN(Cc2ccccc2)CCN1Cc1ccccc1.CC1(C)C(=O)NCCN1C[C@H]1CNCCN1. The van der Waals surface area contributed by atoms with Crippen molar-refractivity contribution in [2.24, 2.45) is 0 Å². The van der Waals surface area contributed by atoms with Crippen LogP contribution in [-0.4, -0.2) is 133 Å². The molecule has 0 radical (unpaired) electrons. The molecule has 0 bridgehead atoms. The summed E-state index contributed by atoms with van der Waals surface area (Å²) in [7, 11) is 0. The molecule has 6 rings (SSSR count). The van der Waals surface area contributed by atoms with Gasteiger partial charge in [-0.25, -0.2) is 0 Å². The summed E-state index contributed by atoms with van der Waals surface area (Å²) >= 11 is 0. The topological polar surface area (TPSA) is 95.2 Å². The van der Waals surface area contributed by atoms with Crippen LogP contribution in [0.25, 0.3) is 0 Å². The van der Waals surface area contributed by atoms with Gasteiger partial charge in [0.15, 0.2) is 0 Å². The van der Waals surface area contributed by atoms with Crippen LogP contribution in [0.2, 0.25) is 0 Å². The average molecular weight is 633 g/mol. The van der Waals surface area contributed by atoms with E-state index in [9.17, 15) is 9.59 Å². The summed E-state index contributed by atoms with van der Waals surface area (Å²) in [6.45, 7) is 21.5. The summed E-state index contributed by atoms with van der Waals surface area (Å²) in [5, 5.41) is 12.8. The number of nitrogens with zero attached hydrogens (tertiary/aromatic N) is 4. The van der Waals surface area contributed by atoms with Crippen molar-refractivity contribution in [1.82, 2.24) is 40.9 Å². The first kappa shape index (κ1) is 34.5. The van der Waals surface area contributed by atoms with Gasteiger partial charge in [-0.15, -0.1) is 0 Å². The Bertz CT molecular complexity index is 1250. The van der Waals surface area contributed by atoms with E-state index < -0.39 is 5.54 Å². The van der Waals surface area contributed by atoms with E-state index in [1.165, 1.54) is 11.1 Å². The Hall–Kier alpha value is -2.86. The Balaban J connectivity index is 0.000000219. The number of benzene rings is 2. The summed E-state index contributed by atoms with van der Waals surface area (Å²) in [5.41, 5.74) is 1.88. The fourth-order valence-electron chi connectivity index (χ4n) is 7.03. The Morgan fingerprint density at radius 3 is 1.80 bits per heavy atom. The third kappa shape index (κ3) is 8.93. The van der Waals surface area contributed by atoms with Crippen molar-refractivity contribution in [1.29, 1.82) is 0 Å². The van der Waals surface area contributed by atoms with Gasteiger partial charge in [0.2, 0.25) is 11.8 Å². The third-order valence-corrected chi connectivity index (χ3v) is 10.2. The highest BCUT2D eigenvalue weighted by atomic mass is 16.2. The van der Waals surface area contributed by atoms with Gasteiger partial charge in [0.1, 0.15) is 0 Å². The molecule has 0 aromatic heterocycles. The van der Waals surface area contributed by atoms with E-state index in [1.54, 1.807) is 0 Å². The standard InChI is InChI=1S/C25H34N4O.C11H22N4O/c1-25(2)24(30)26-13-14-29(25)20-23-19-27(17-21-9-5-3-6-10-21)15-16-28(23)18-22-11-7-4-8-12-22;1-11(2)10(16)14-5-6-15(11)8-9-7-12-3-4-13-9/h3-12,23H,13-20H2,1-2H3,(H,26,30);9,12-13H,3-8H2,1-2H3,(H,14,16)/t23-;9-/m11/s1. The van der Waals surface area contributed by atoms with Crippen LogP contribution in [0, 0.1) is 0 Å². The van der Waals surface area contributed by atoms with Crippen molar-refractivity contribution in [2.45, 2.75) is 63.9 Å². The first-order chi connectivity index (χ1) is 22.1. The Morgan fingerprint density at radius 1 is 0.674 bits per heavy atom. The molecule has 4 aliphatic heterocycles. The fraction of sp³-hybridized carbons (Fsp3) is 0.611. The zero-order chi connectivity index (χ0) is 32.6. The van der Waals surface area contributed by atoms with Crippen molar-refractivity contribution in [3.05, 3.63) is 71.8 Å². The molecule has 4 fully saturated rings. The van der Waals surface area contributed by atoms with Crippen LogP contribution < -0.4 is 21.3 Å². The van der Waals surface area contributed by atoms with Crippen LogP contribution in [0.1, 0.15) is 38.8 Å². The highest BCUT2D eigenvalue weighted by Gasteiger charge is 2.40. The van der Waals surface area contributed by atoms with Crippen molar-refractivity contribution in [2.75, 3.05) is 78.5 Å². The quantitative estimate of drug-likeness (QED) is 0.347. The molecule has 10 nitrogen and oxygen atoms in total. The van der Waals surface area contributed by atoms with Gasteiger partial charge in [0.05, 0.1) is 11.1 Å². The van der Waals surface area contributed by atoms with Crippen LogP contribution in [0.3, 0.4) is 0 Å². The van der Waals surface area contributed by atoms with Crippen LogP contribution >= 0.6 is 0 Å². The van der Waals surface area contributed by atoms with Crippen molar-refractivity contribution in [3.63, 3.8) is 0 Å². The lowest BCUT2D eigenvalue weighted by atomic mass is 9.97. The largest absolute Gasteiger partial charge is 0.353 e. The molecule has 252 valence electrons. The first-order valence-corrected chi connectivity index (χ1v) is 17.2. The summed E-state index contributed by atoms with van der Waals surface area (Å²) < 4.78 is 0. The van der Waals surface area contributed by atoms with Gasteiger partial charge in [-0.3, -0.25) is 29.2 Å². The van der Waals surface area contributed by atoms with E-state index >= 15 is 0 Å². The van der Waals surface area contributed by atoms with Crippen molar-refractivity contribution in [3.8, 4) is 0 Å². The zero-order valence-corrected chi connectivity index (χ0v) is 28.4. The lowest BCUT2D eigenvalue weighted by Gasteiger charge is -2.48. The molecule has 2 amide bonds. The van der Waals surface area contributed by atoms with E-state index in [1.807, 2.05) is 27.7 Å². The molecule has 2 aromatic carbocycles. The number of rotatable bonds is 8. The van der Waals surface area contributed by atoms with E-state index in [-0.39, 0.29) is 17.4 Å². The second-order valence-corrected chi connectivity index (χ2v) is 14.2. The molecule has 0 unspecified atom stereocenters. The molecule has 46 heavy (non-hydrogen) atoms. The highest BCUT2D eigenvalue weighted by molar-refractivity contribution is 5.86. The molecule has 4 saturated heterocycles. The van der Waals surface area contributed by atoms with Crippen LogP contribution in [0.4, 0.5) is 0 Å². The molecule has 4 aliphatic rings. The molecule has 0 saturated carbocycles. The van der Waals surface area contributed by atoms with E-state index in [0.29, 0.717) is 12.1 Å². The van der Waals surface area contributed by atoms with Gasteiger partial charge in [0, 0.05) is 104 Å². The van der Waals surface area contributed by atoms with Gasteiger partial charge in [0.25, 0.3) is 0 Å². The minimum absolute atomic E-state index is 0.139. The van der Waals surface area contributed by atoms with Crippen LogP contribution in [-0.2, 0) is 22.7 Å². The summed E-state index contributed by atoms with van der Waals surface area (Å²) in [5.74, 6) is 0.280. The molecule has 4 N–H and O–H groups in total. The molecule has 2 atom stereocenters. The van der Waals surface area contributed by atoms with E-state index in [0.717, 1.165) is 91.6 Å². The number of carbonyl (C=O) groups excluding carboxylic acids is 2. The van der Waals surface area contributed by atoms with Gasteiger partial charge >= 0.3 is 0 Å². The van der Waals surface area contributed by atoms with E-state index in [4.69, 9.17) is 0 Å². The van der Waals surface area contributed by atoms with E-state index in [2.05, 4.69) is 102 Å².